The van der Waals surface area contributed by atoms with Crippen molar-refractivity contribution in [1.82, 2.24) is 4.57 Å². The second-order valence-corrected chi connectivity index (χ2v) is 7.21. The van der Waals surface area contributed by atoms with Gasteiger partial charge in [-0.2, -0.15) is 0 Å². The summed E-state index contributed by atoms with van der Waals surface area (Å²) in [6.45, 7) is 5.00. The van der Waals surface area contributed by atoms with E-state index in [4.69, 9.17) is 9.47 Å². The highest BCUT2D eigenvalue weighted by atomic mass is 79.9. The third-order valence-electron chi connectivity index (χ3n) is 4.11. The molecule has 0 aliphatic carbocycles. The monoisotopic (exact) mass is 413 g/mol. The van der Waals surface area contributed by atoms with Crippen LogP contribution in [0.2, 0.25) is 0 Å². The van der Waals surface area contributed by atoms with Crippen LogP contribution in [-0.4, -0.2) is 56.1 Å². The zero-order valence-electron chi connectivity index (χ0n) is 15.4. The minimum atomic E-state index is -0.518. The predicted molar refractivity (Wildman–Crippen MR) is 101 cm³/mol. The molecule has 1 atom stereocenters. The molecule has 0 radical (unpaired) electrons. The van der Waals surface area contributed by atoms with Crippen molar-refractivity contribution in [3.05, 3.63) is 27.9 Å². The Morgan fingerprint density at radius 2 is 2.08 bits per heavy atom. The lowest BCUT2D eigenvalue weighted by Crippen LogP contribution is -3.07. The molecule has 1 heterocycles. The Morgan fingerprint density at radius 1 is 1.40 bits per heavy atom. The number of ether oxygens (including phenoxy) is 2. The molecule has 2 N–H and O–H groups in total. The lowest BCUT2D eigenvalue weighted by molar-refractivity contribution is -0.861. The Balaban J connectivity index is 2.62. The SMILES string of the molecule is CCOC(=O)c1c(C)n(C[C@@H](O)C[NH+](C)C)c2cc(Br)c(OC)cc12. The van der Waals surface area contributed by atoms with E-state index in [9.17, 15) is 9.90 Å². The van der Waals surface area contributed by atoms with Crippen molar-refractivity contribution in [2.75, 3.05) is 34.4 Å². The Labute approximate surface area is 156 Å². The van der Waals surface area contributed by atoms with Gasteiger partial charge in [-0.15, -0.1) is 0 Å². The summed E-state index contributed by atoms with van der Waals surface area (Å²) in [5.74, 6) is 0.286. The molecule has 0 saturated carbocycles. The molecule has 25 heavy (non-hydrogen) atoms. The molecule has 2 aromatic rings. The first-order chi connectivity index (χ1) is 11.8. The van der Waals surface area contributed by atoms with Gasteiger partial charge in [-0.1, -0.05) is 0 Å². The van der Waals surface area contributed by atoms with Crippen LogP contribution in [0.25, 0.3) is 10.9 Å². The van der Waals surface area contributed by atoms with E-state index in [0.717, 1.165) is 26.0 Å². The Kier molecular flexibility index (Phi) is 6.48. The highest BCUT2D eigenvalue weighted by molar-refractivity contribution is 9.10. The van der Waals surface area contributed by atoms with Gasteiger partial charge in [0.2, 0.25) is 0 Å². The number of halogens is 1. The van der Waals surface area contributed by atoms with Crippen LogP contribution in [0.1, 0.15) is 23.0 Å². The molecular weight excluding hydrogens is 388 g/mol. The molecular formula is C18H26BrN2O4+. The number of nitrogens with zero attached hydrogens (tertiary/aromatic N) is 1. The second-order valence-electron chi connectivity index (χ2n) is 6.36. The van der Waals surface area contributed by atoms with E-state index in [1.54, 1.807) is 14.0 Å². The molecule has 0 saturated heterocycles. The highest BCUT2D eigenvalue weighted by Crippen LogP contribution is 2.35. The summed E-state index contributed by atoms with van der Waals surface area (Å²) in [6, 6.07) is 3.75. The maximum atomic E-state index is 12.5. The van der Waals surface area contributed by atoms with Crippen LogP contribution >= 0.6 is 15.9 Å². The summed E-state index contributed by atoms with van der Waals surface area (Å²) in [5.41, 5.74) is 2.16. The standard InChI is InChI=1S/C18H25BrN2O4/c1-6-25-18(23)17-11(2)21(10-12(22)9-20(3)4)15-8-14(19)16(24-5)7-13(15)17/h7-8,12,22H,6,9-10H2,1-5H3/p+1/t12-/m0/s1. The lowest BCUT2D eigenvalue weighted by Gasteiger charge is -2.16. The van der Waals surface area contributed by atoms with Crippen molar-refractivity contribution in [3.8, 4) is 5.75 Å². The first-order valence-corrected chi connectivity index (χ1v) is 9.09. The number of hydrogen-bond acceptors (Lipinski definition) is 4. The van der Waals surface area contributed by atoms with Gasteiger partial charge < -0.3 is 24.0 Å². The van der Waals surface area contributed by atoms with E-state index in [1.165, 1.54) is 0 Å². The molecule has 0 fully saturated rings. The molecule has 0 aliphatic heterocycles. The highest BCUT2D eigenvalue weighted by Gasteiger charge is 2.24. The zero-order valence-corrected chi connectivity index (χ0v) is 16.9. The fraction of sp³-hybridized carbons (Fsp3) is 0.500. The summed E-state index contributed by atoms with van der Waals surface area (Å²) in [6.07, 6.45) is -0.518. The van der Waals surface area contributed by atoms with Crippen molar-refractivity contribution >= 4 is 32.8 Å². The van der Waals surface area contributed by atoms with Crippen LogP contribution in [0, 0.1) is 6.92 Å². The first-order valence-electron chi connectivity index (χ1n) is 8.30. The van der Waals surface area contributed by atoms with E-state index in [0.29, 0.717) is 31.0 Å². The van der Waals surface area contributed by atoms with Gasteiger partial charge in [-0.25, -0.2) is 4.79 Å². The summed E-state index contributed by atoms with van der Waals surface area (Å²) < 4.78 is 13.4. The van der Waals surface area contributed by atoms with E-state index in [2.05, 4.69) is 15.9 Å². The number of quaternary nitrogens is 1. The van der Waals surface area contributed by atoms with E-state index in [1.807, 2.05) is 37.7 Å². The van der Waals surface area contributed by atoms with Gasteiger partial charge in [0.15, 0.2) is 0 Å². The van der Waals surface area contributed by atoms with E-state index < -0.39 is 6.10 Å². The molecule has 6 nitrogen and oxygen atoms in total. The van der Waals surface area contributed by atoms with Gasteiger partial charge in [-0.3, -0.25) is 0 Å². The minimum Gasteiger partial charge on any atom is -0.496 e. The van der Waals surface area contributed by atoms with Crippen molar-refractivity contribution < 1.29 is 24.3 Å². The molecule has 2 rings (SSSR count). The van der Waals surface area contributed by atoms with Crippen LogP contribution in [-0.2, 0) is 11.3 Å². The van der Waals surface area contributed by atoms with Crippen molar-refractivity contribution in [2.24, 2.45) is 0 Å². The Hall–Kier alpha value is -1.57. The number of aromatic nitrogens is 1. The summed E-state index contributed by atoms with van der Waals surface area (Å²) in [7, 11) is 5.58. The summed E-state index contributed by atoms with van der Waals surface area (Å²) in [5, 5.41) is 11.1. The number of nitrogens with one attached hydrogen (secondary N) is 1. The molecule has 0 unspecified atom stereocenters. The lowest BCUT2D eigenvalue weighted by atomic mass is 10.1. The number of esters is 1. The largest absolute Gasteiger partial charge is 0.496 e. The van der Waals surface area contributed by atoms with Crippen molar-refractivity contribution in [1.29, 1.82) is 0 Å². The van der Waals surface area contributed by atoms with Gasteiger partial charge in [-0.05, 0) is 41.9 Å². The van der Waals surface area contributed by atoms with Gasteiger partial charge in [0.05, 0.1) is 49.9 Å². The van der Waals surface area contributed by atoms with Crippen LogP contribution in [0.3, 0.4) is 0 Å². The fourth-order valence-electron chi connectivity index (χ4n) is 3.08. The number of hydrogen-bond donors (Lipinski definition) is 2. The zero-order chi connectivity index (χ0) is 18.7. The molecule has 1 aromatic heterocycles. The van der Waals surface area contributed by atoms with Crippen molar-refractivity contribution in [3.63, 3.8) is 0 Å². The van der Waals surface area contributed by atoms with Crippen molar-refractivity contribution in [2.45, 2.75) is 26.5 Å². The Bertz CT molecular complexity index is 770. The van der Waals surface area contributed by atoms with E-state index >= 15 is 0 Å². The topological polar surface area (TPSA) is 65.1 Å². The number of carbonyl (C=O) groups excluding carboxylic acids is 1. The number of carbonyl (C=O) groups is 1. The maximum absolute atomic E-state index is 12.5. The number of aliphatic hydroxyl groups excluding tert-OH is 1. The molecule has 1 aromatic carbocycles. The average molecular weight is 414 g/mol. The van der Waals surface area contributed by atoms with Crippen LogP contribution in [0.15, 0.2) is 16.6 Å². The first kappa shape index (κ1) is 19.8. The van der Waals surface area contributed by atoms with Crippen LogP contribution in [0.5, 0.6) is 5.75 Å². The summed E-state index contributed by atoms with van der Waals surface area (Å²) >= 11 is 3.50. The minimum absolute atomic E-state index is 0.311. The maximum Gasteiger partial charge on any atom is 0.340 e. The third-order valence-corrected chi connectivity index (χ3v) is 4.73. The molecule has 0 aliphatic rings. The number of rotatable bonds is 7. The second kappa shape index (κ2) is 8.21. The number of aliphatic hydroxyl groups is 1. The van der Waals surface area contributed by atoms with Gasteiger partial charge in [0.1, 0.15) is 18.4 Å². The van der Waals surface area contributed by atoms with Gasteiger partial charge in [0, 0.05) is 11.1 Å². The number of benzene rings is 1. The molecule has 0 amide bonds. The molecule has 0 bridgehead atoms. The molecule has 138 valence electrons. The number of fused-ring (bicyclic) bond motifs is 1. The smallest absolute Gasteiger partial charge is 0.340 e. The fourth-order valence-corrected chi connectivity index (χ4v) is 3.57. The summed E-state index contributed by atoms with van der Waals surface area (Å²) in [4.78, 5) is 13.6. The third kappa shape index (κ3) is 4.16. The van der Waals surface area contributed by atoms with Crippen LogP contribution in [0.4, 0.5) is 0 Å². The average Bonchev–Trinajstić information content (AvgIpc) is 2.78. The quantitative estimate of drug-likeness (QED) is 0.673. The molecule has 0 spiro atoms. The number of methoxy groups -OCH3 is 1. The van der Waals surface area contributed by atoms with Crippen LogP contribution < -0.4 is 9.64 Å². The molecule has 7 heteroatoms. The van der Waals surface area contributed by atoms with Gasteiger partial charge >= 0.3 is 5.97 Å². The number of likely N-dealkylation sites (N-methyl/N-ethyl adjacent to an activating group) is 1. The Morgan fingerprint density at radius 3 is 2.64 bits per heavy atom. The van der Waals surface area contributed by atoms with Gasteiger partial charge in [0.25, 0.3) is 0 Å². The normalized spacial score (nSPS) is 12.6. The van der Waals surface area contributed by atoms with E-state index in [-0.39, 0.29) is 5.97 Å². The predicted octanol–water partition coefficient (Wildman–Crippen LogP) is 1.40.